The van der Waals surface area contributed by atoms with E-state index in [0.29, 0.717) is 16.4 Å². The Kier molecular flexibility index (Phi) is 4.62. The highest BCUT2D eigenvalue weighted by Gasteiger charge is 2.24. The average molecular weight is 256 g/mol. The van der Waals surface area contributed by atoms with Gasteiger partial charge >= 0.3 is 5.69 Å². The van der Waals surface area contributed by atoms with Crippen LogP contribution in [0.4, 0.5) is 10.7 Å². The molecule has 0 N–H and O–H groups in total. The van der Waals surface area contributed by atoms with E-state index in [9.17, 15) is 14.9 Å². The Hall–Kier alpha value is -1.43. The van der Waals surface area contributed by atoms with Gasteiger partial charge in [-0.05, 0) is 20.3 Å². The van der Waals surface area contributed by atoms with Crippen molar-refractivity contribution in [1.29, 1.82) is 0 Å². The van der Waals surface area contributed by atoms with E-state index < -0.39 is 4.92 Å². The molecule has 1 aromatic heterocycles. The van der Waals surface area contributed by atoms with Crippen molar-refractivity contribution in [3.63, 3.8) is 0 Å². The smallest absolute Gasteiger partial charge is 0.304 e. The second-order valence-electron chi connectivity index (χ2n) is 3.69. The maximum Gasteiger partial charge on any atom is 0.304 e. The molecule has 17 heavy (non-hydrogen) atoms. The zero-order valence-corrected chi connectivity index (χ0v) is 11.0. The zero-order valence-electron chi connectivity index (χ0n) is 10.2. The van der Waals surface area contributed by atoms with Gasteiger partial charge in [0.15, 0.2) is 10.8 Å². The van der Waals surface area contributed by atoms with Crippen molar-refractivity contribution in [2.24, 2.45) is 0 Å². The van der Waals surface area contributed by atoms with Crippen LogP contribution < -0.4 is 4.90 Å². The summed E-state index contributed by atoms with van der Waals surface area (Å²) >= 11 is 1.20. The van der Waals surface area contributed by atoms with Gasteiger partial charge in [0.25, 0.3) is 0 Å². The Bertz CT molecular complexity index is 428. The molecule has 0 aliphatic heterocycles. The van der Waals surface area contributed by atoms with E-state index in [1.54, 1.807) is 0 Å². The zero-order chi connectivity index (χ0) is 13.0. The minimum absolute atomic E-state index is 0.0375. The highest BCUT2D eigenvalue weighted by Crippen LogP contribution is 2.37. The van der Waals surface area contributed by atoms with Crippen LogP contribution in [0.3, 0.4) is 0 Å². The van der Waals surface area contributed by atoms with Crippen molar-refractivity contribution >= 4 is 27.8 Å². The first-order valence-corrected chi connectivity index (χ1v) is 6.37. The van der Waals surface area contributed by atoms with E-state index in [1.165, 1.54) is 24.3 Å². The molecule has 1 rings (SSSR count). The molecular weight excluding hydrogens is 240 g/mol. The maximum absolute atomic E-state index is 11.3. The highest BCUT2D eigenvalue weighted by molar-refractivity contribution is 7.18. The number of carbonyl (C=O) groups is 1. The number of nitrogens with zero attached hydrogens (tertiary/aromatic N) is 2. The van der Waals surface area contributed by atoms with Gasteiger partial charge in [-0.1, -0.05) is 6.92 Å². The number of thiophene rings is 1. The second-order valence-corrected chi connectivity index (χ2v) is 4.72. The summed E-state index contributed by atoms with van der Waals surface area (Å²) in [7, 11) is 0. The molecule has 1 heterocycles. The van der Waals surface area contributed by atoms with Crippen LogP contribution in [0, 0.1) is 10.1 Å². The highest BCUT2D eigenvalue weighted by atomic mass is 32.1. The Morgan fingerprint density at radius 1 is 1.53 bits per heavy atom. The molecule has 94 valence electrons. The van der Waals surface area contributed by atoms with Crippen LogP contribution in [0.15, 0.2) is 6.07 Å². The van der Waals surface area contributed by atoms with Crippen LogP contribution in [0.25, 0.3) is 0 Å². The molecule has 0 bridgehead atoms. The number of rotatable bonds is 6. The standard InChI is InChI=1S/C11H16N2O3S/c1-4-6-12(5-2)11-9(13(15)16)7-10(17-11)8(3)14/h7H,4-6H2,1-3H3. The maximum atomic E-state index is 11.3. The summed E-state index contributed by atoms with van der Waals surface area (Å²) in [5, 5.41) is 11.5. The summed E-state index contributed by atoms with van der Waals surface area (Å²) in [6.45, 7) is 6.86. The molecule has 0 unspecified atom stereocenters. The summed E-state index contributed by atoms with van der Waals surface area (Å²) < 4.78 is 0. The number of nitro groups is 1. The number of ketones is 1. The lowest BCUT2D eigenvalue weighted by Crippen LogP contribution is -2.23. The van der Waals surface area contributed by atoms with Crippen molar-refractivity contribution in [3.05, 3.63) is 21.1 Å². The van der Waals surface area contributed by atoms with Gasteiger partial charge in [-0.2, -0.15) is 0 Å². The molecule has 0 spiro atoms. The van der Waals surface area contributed by atoms with Gasteiger partial charge in [0, 0.05) is 19.2 Å². The SMILES string of the molecule is CCCN(CC)c1sc(C(C)=O)cc1[N+](=O)[O-]. The van der Waals surface area contributed by atoms with Crippen LogP contribution in [0.1, 0.15) is 36.9 Å². The number of hydrogen-bond donors (Lipinski definition) is 0. The second kappa shape index (κ2) is 5.77. The van der Waals surface area contributed by atoms with E-state index in [-0.39, 0.29) is 11.5 Å². The third-order valence-electron chi connectivity index (χ3n) is 2.40. The van der Waals surface area contributed by atoms with Gasteiger partial charge in [0.05, 0.1) is 9.80 Å². The number of anilines is 1. The number of Topliss-reactive ketones (excluding diaryl/α,β-unsaturated/α-hetero) is 1. The van der Waals surface area contributed by atoms with Crippen molar-refractivity contribution < 1.29 is 9.72 Å². The van der Waals surface area contributed by atoms with Crippen molar-refractivity contribution in [2.75, 3.05) is 18.0 Å². The summed E-state index contributed by atoms with van der Waals surface area (Å²) in [5.41, 5.74) is 0.0375. The fourth-order valence-corrected chi connectivity index (χ4v) is 2.69. The lowest BCUT2D eigenvalue weighted by atomic mass is 10.3. The Morgan fingerprint density at radius 3 is 2.59 bits per heavy atom. The molecule has 0 aliphatic rings. The van der Waals surface area contributed by atoms with E-state index in [2.05, 4.69) is 0 Å². The van der Waals surface area contributed by atoms with Gasteiger partial charge in [-0.3, -0.25) is 14.9 Å². The monoisotopic (exact) mass is 256 g/mol. The molecule has 6 heteroatoms. The molecule has 1 aromatic rings. The Balaban J connectivity index is 3.19. The Labute approximate surface area is 104 Å². The molecule has 0 aliphatic carbocycles. The normalized spacial score (nSPS) is 10.3. The molecule has 0 amide bonds. The van der Waals surface area contributed by atoms with Crippen molar-refractivity contribution in [1.82, 2.24) is 0 Å². The van der Waals surface area contributed by atoms with E-state index >= 15 is 0 Å². The molecule has 5 nitrogen and oxygen atoms in total. The molecule has 0 atom stereocenters. The average Bonchev–Trinajstić information content (AvgIpc) is 2.70. The summed E-state index contributed by atoms with van der Waals surface area (Å²) in [6, 6.07) is 1.38. The minimum Gasteiger partial charge on any atom is -0.358 e. The molecule has 0 radical (unpaired) electrons. The molecule has 0 fully saturated rings. The lowest BCUT2D eigenvalue weighted by Gasteiger charge is -2.19. The van der Waals surface area contributed by atoms with Crippen LogP contribution in [0.5, 0.6) is 0 Å². The van der Waals surface area contributed by atoms with E-state index in [0.717, 1.165) is 13.0 Å². The van der Waals surface area contributed by atoms with Crippen molar-refractivity contribution in [3.8, 4) is 0 Å². The fraction of sp³-hybridized carbons (Fsp3) is 0.545. The fourth-order valence-electron chi connectivity index (χ4n) is 1.58. The molecule has 0 saturated carbocycles. The molecular formula is C11H16N2O3S. The van der Waals surface area contributed by atoms with E-state index in [4.69, 9.17) is 0 Å². The topological polar surface area (TPSA) is 63.5 Å². The predicted molar refractivity (Wildman–Crippen MR) is 69.2 cm³/mol. The predicted octanol–water partition coefficient (Wildman–Crippen LogP) is 3.10. The van der Waals surface area contributed by atoms with E-state index in [1.807, 2.05) is 18.7 Å². The van der Waals surface area contributed by atoms with Gasteiger partial charge in [0.2, 0.25) is 0 Å². The van der Waals surface area contributed by atoms with Crippen molar-refractivity contribution in [2.45, 2.75) is 27.2 Å². The largest absolute Gasteiger partial charge is 0.358 e. The minimum atomic E-state index is -0.420. The number of carbonyl (C=O) groups excluding carboxylic acids is 1. The summed E-state index contributed by atoms with van der Waals surface area (Å²) in [5.74, 6) is -0.128. The van der Waals surface area contributed by atoms with Gasteiger partial charge in [0.1, 0.15) is 0 Å². The quantitative estimate of drug-likeness (QED) is 0.445. The van der Waals surface area contributed by atoms with Crippen LogP contribution >= 0.6 is 11.3 Å². The number of hydrogen-bond acceptors (Lipinski definition) is 5. The first-order valence-electron chi connectivity index (χ1n) is 5.55. The van der Waals surface area contributed by atoms with Gasteiger partial charge in [-0.15, -0.1) is 11.3 Å². The summed E-state index contributed by atoms with van der Waals surface area (Å²) in [6.07, 6.45) is 0.915. The molecule has 0 aromatic carbocycles. The molecule has 0 saturated heterocycles. The first kappa shape index (κ1) is 13.6. The Morgan fingerprint density at radius 2 is 2.18 bits per heavy atom. The summed E-state index contributed by atoms with van der Waals surface area (Å²) in [4.78, 5) is 24.2. The van der Waals surface area contributed by atoms with Gasteiger partial charge < -0.3 is 4.90 Å². The van der Waals surface area contributed by atoms with Gasteiger partial charge in [-0.25, -0.2) is 0 Å². The van der Waals surface area contributed by atoms with Crippen LogP contribution in [0.2, 0.25) is 0 Å². The third kappa shape index (κ3) is 3.03. The van der Waals surface area contributed by atoms with Crippen LogP contribution in [-0.4, -0.2) is 23.8 Å². The lowest BCUT2D eigenvalue weighted by molar-refractivity contribution is -0.383. The first-order chi connectivity index (χ1) is 8.01. The third-order valence-corrected chi connectivity index (χ3v) is 3.69. The van der Waals surface area contributed by atoms with Crippen LogP contribution in [-0.2, 0) is 0 Å².